The number of nitrogens with zero attached hydrogens (tertiary/aromatic N) is 1. The Bertz CT molecular complexity index is 545. The lowest BCUT2D eigenvalue weighted by atomic mass is 10.1. The van der Waals surface area contributed by atoms with E-state index < -0.39 is 0 Å². The van der Waals surface area contributed by atoms with Crippen molar-refractivity contribution in [2.24, 2.45) is 5.73 Å². The molecule has 2 atom stereocenters. The molecule has 1 aromatic heterocycles. The lowest BCUT2D eigenvalue weighted by molar-refractivity contribution is 0.978. The van der Waals surface area contributed by atoms with Gasteiger partial charge in [-0.15, -0.1) is 0 Å². The van der Waals surface area contributed by atoms with E-state index >= 15 is 0 Å². The number of anilines is 1. The second-order valence-electron chi connectivity index (χ2n) is 5.32. The van der Waals surface area contributed by atoms with Gasteiger partial charge in [-0.3, -0.25) is 0 Å². The van der Waals surface area contributed by atoms with E-state index in [9.17, 15) is 0 Å². The molecule has 0 saturated heterocycles. The van der Waals surface area contributed by atoms with Crippen LogP contribution in [0.5, 0.6) is 0 Å². The van der Waals surface area contributed by atoms with E-state index in [0.29, 0.717) is 12.0 Å². The Morgan fingerprint density at radius 2 is 1.95 bits per heavy atom. The molecule has 0 radical (unpaired) electrons. The normalized spacial score (nSPS) is 21.2. The Hall–Kier alpha value is -1.87. The number of hydrogen-bond donors (Lipinski definition) is 2. The van der Waals surface area contributed by atoms with Crippen molar-refractivity contribution in [2.45, 2.75) is 31.8 Å². The molecule has 1 heterocycles. The molecule has 1 aromatic carbocycles. The van der Waals surface area contributed by atoms with E-state index in [-0.39, 0.29) is 0 Å². The van der Waals surface area contributed by atoms with Crippen LogP contribution in [-0.4, -0.2) is 11.0 Å². The minimum atomic E-state index is 0.341. The van der Waals surface area contributed by atoms with Crippen LogP contribution in [0.2, 0.25) is 0 Å². The van der Waals surface area contributed by atoms with E-state index in [1.807, 2.05) is 12.3 Å². The molecule has 0 aliphatic heterocycles. The number of aromatic nitrogens is 1. The lowest BCUT2D eigenvalue weighted by Crippen LogP contribution is -2.03. The minimum Gasteiger partial charge on any atom is -0.366 e. The van der Waals surface area contributed by atoms with Gasteiger partial charge < -0.3 is 11.1 Å². The summed E-state index contributed by atoms with van der Waals surface area (Å²) in [5, 5.41) is 3.34. The predicted octanol–water partition coefficient (Wildman–Crippen LogP) is 2.82. The third kappa shape index (κ3) is 2.93. The van der Waals surface area contributed by atoms with Gasteiger partial charge in [0, 0.05) is 24.7 Å². The van der Waals surface area contributed by atoms with Crippen LogP contribution >= 0.6 is 0 Å². The van der Waals surface area contributed by atoms with Crippen LogP contribution in [0, 0.1) is 6.92 Å². The number of rotatable bonds is 4. The largest absolute Gasteiger partial charge is 0.366 e. The first-order valence-electron chi connectivity index (χ1n) is 6.73. The second-order valence-corrected chi connectivity index (χ2v) is 5.32. The summed E-state index contributed by atoms with van der Waals surface area (Å²) >= 11 is 0. The molecule has 1 aliphatic carbocycles. The fraction of sp³-hybridized carbons (Fsp3) is 0.312. The summed E-state index contributed by atoms with van der Waals surface area (Å²) < 4.78 is 0. The Balaban J connectivity index is 1.59. The van der Waals surface area contributed by atoms with Gasteiger partial charge in [0.05, 0.1) is 0 Å². The fourth-order valence-corrected chi connectivity index (χ4v) is 2.23. The van der Waals surface area contributed by atoms with Crippen molar-refractivity contribution in [3.05, 3.63) is 59.3 Å². The lowest BCUT2D eigenvalue weighted by Gasteiger charge is -2.07. The topological polar surface area (TPSA) is 50.9 Å². The Kier molecular flexibility index (Phi) is 3.22. The van der Waals surface area contributed by atoms with Crippen molar-refractivity contribution in [2.75, 3.05) is 5.32 Å². The molecular formula is C16H19N3. The molecule has 1 aliphatic rings. The highest BCUT2D eigenvalue weighted by molar-refractivity contribution is 5.39. The zero-order valence-corrected chi connectivity index (χ0v) is 11.1. The quantitative estimate of drug-likeness (QED) is 0.881. The third-order valence-corrected chi connectivity index (χ3v) is 3.65. The fourth-order valence-electron chi connectivity index (χ4n) is 2.23. The van der Waals surface area contributed by atoms with Gasteiger partial charge in [-0.2, -0.15) is 0 Å². The van der Waals surface area contributed by atoms with Crippen molar-refractivity contribution in [3.63, 3.8) is 0 Å². The molecule has 98 valence electrons. The highest BCUT2D eigenvalue weighted by Gasteiger charge is 2.34. The molecule has 2 aromatic rings. The van der Waals surface area contributed by atoms with Crippen LogP contribution < -0.4 is 11.1 Å². The van der Waals surface area contributed by atoms with Crippen molar-refractivity contribution in [3.8, 4) is 0 Å². The molecule has 19 heavy (non-hydrogen) atoms. The summed E-state index contributed by atoms with van der Waals surface area (Å²) in [7, 11) is 0. The van der Waals surface area contributed by atoms with Crippen LogP contribution in [0.1, 0.15) is 29.0 Å². The molecule has 0 amide bonds. The molecule has 0 bridgehead atoms. The summed E-state index contributed by atoms with van der Waals surface area (Å²) in [6, 6.07) is 13.0. The minimum absolute atomic E-state index is 0.341. The molecule has 1 saturated carbocycles. The summed E-state index contributed by atoms with van der Waals surface area (Å²) in [6.45, 7) is 2.90. The van der Waals surface area contributed by atoms with Crippen LogP contribution in [0.25, 0.3) is 0 Å². The monoisotopic (exact) mass is 253 g/mol. The van der Waals surface area contributed by atoms with Gasteiger partial charge in [-0.1, -0.05) is 35.9 Å². The van der Waals surface area contributed by atoms with Gasteiger partial charge in [0.25, 0.3) is 0 Å². The first-order chi connectivity index (χ1) is 9.22. The smallest absolute Gasteiger partial charge is 0.126 e. The number of nitrogens with one attached hydrogen (secondary N) is 1. The number of nitrogens with two attached hydrogens (primary N) is 1. The van der Waals surface area contributed by atoms with Gasteiger partial charge in [-0.05, 0) is 30.5 Å². The van der Waals surface area contributed by atoms with E-state index in [1.54, 1.807) is 0 Å². The van der Waals surface area contributed by atoms with E-state index in [0.717, 1.165) is 18.8 Å². The first kappa shape index (κ1) is 12.2. The SMILES string of the molecule is Cc1ccc(CNc2ccc(C3CC3N)cn2)cc1. The summed E-state index contributed by atoms with van der Waals surface area (Å²) in [6.07, 6.45) is 3.03. The third-order valence-electron chi connectivity index (χ3n) is 3.65. The molecule has 0 spiro atoms. The maximum absolute atomic E-state index is 5.84. The van der Waals surface area contributed by atoms with E-state index in [2.05, 4.69) is 47.6 Å². The van der Waals surface area contributed by atoms with Crippen molar-refractivity contribution < 1.29 is 0 Å². The van der Waals surface area contributed by atoms with Crippen molar-refractivity contribution in [1.82, 2.24) is 4.98 Å². The summed E-state index contributed by atoms with van der Waals surface area (Å²) in [5.74, 6) is 1.44. The molecule has 2 unspecified atom stereocenters. The number of benzene rings is 1. The zero-order chi connectivity index (χ0) is 13.2. The average Bonchev–Trinajstić information content (AvgIpc) is 3.16. The summed E-state index contributed by atoms with van der Waals surface area (Å²) in [5.41, 5.74) is 9.65. The van der Waals surface area contributed by atoms with Gasteiger partial charge in [0.15, 0.2) is 0 Å². The van der Waals surface area contributed by atoms with Crippen molar-refractivity contribution in [1.29, 1.82) is 0 Å². The van der Waals surface area contributed by atoms with Gasteiger partial charge in [0.1, 0.15) is 5.82 Å². The van der Waals surface area contributed by atoms with Crippen LogP contribution in [0.4, 0.5) is 5.82 Å². The molecule has 3 N–H and O–H groups in total. The van der Waals surface area contributed by atoms with Crippen LogP contribution in [0.3, 0.4) is 0 Å². The number of pyridine rings is 1. The summed E-state index contributed by atoms with van der Waals surface area (Å²) in [4.78, 5) is 4.44. The van der Waals surface area contributed by atoms with Crippen LogP contribution in [-0.2, 0) is 6.54 Å². The Morgan fingerprint density at radius 3 is 2.53 bits per heavy atom. The molecule has 1 fully saturated rings. The number of hydrogen-bond acceptors (Lipinski definition) is 3. The molecule has 3 heteroatoms. The highest BCUT2D eigenvalue weighted by Crippen LogP contribution is 2.38. The van der Waals surface area contributed by atoms with Gasteiger partial charge in [0.2, 0.25) is 0 Å². The molecule has 3 rings (SSSR count). The van der Waals surface area contributed by atoms with E-state index in [1.165, 1.54) is 16.7 Å². The first-order valence-corrected chi connectivity index (χ1v) is 6.73. The maximum atomic E-state index is 5.84. The predicted molar refractivity (Wildman–Crippen MR) is 78.1 cm³/mol. The van der Waals surface area contributed by atoms with Gasteiger partial charge >= 0.3 is 0 Å². The Morgan fingerprint density at radius 1 is 1.21 bits per heavy atom. The van der Waals surface area contributed by atoms with Crippen molar-refractivity contribution >= 4 is 5.82 Å². The maximum Gasteiger partial charge on any atom is 0.126 e. The Labute approximate surface area is 113 Å². The molecule has 3 nitrogen and oxygen atoms in total. The number of aryl methyl sites for hydroxylation is 1. The average molecular weight is 253 g/mol. The second kappa shape index (κ2) is 5.02. The highest BCUT2D eigenvalue weighted by atomic mass is 15.0. The zero-order valence-electron chi connectivity index (χ0n) is 11.1. The van der Waals surface area contributed by atoms with Gasteiger partial charge in [-0.25, -0.2) is 4.98 Å². The van der Waals surface area contributed by atoms with E-state index in [4.69, 9.17) is 5.73 Å². The van der Waals surface area contributed by atoms with Crippen LogP contribution in [0.15, 0.2) is 42.6 Å². The molecular weight excluding hydrogens is 234 g/mol. The standard InChI is InChI=1S/C16H19N3/c1-11-2-4-12(5-3-11)9-18-16-7-6-13(10-19-16)14-8-15(14)17/h2-7,10,14-15H,8-9,17H2,1H3,(H,18,19).